The number of ether oxygens (including phenoxy) is 2. The summed E-state index contributed by atoms with van der Waals surface area (Å²) in [5.41, 5.74) is 0.683. The van der Waals surface area contributed by atoms with E-state index >= 15 is 0 Å². The minimum Gasteiger partial charge on any atom is -0.462 e. The monoisotopic (exact) mass is 276 g/mol. The molecule has 4 nitrogen and oxygen atoms in total. The lowest BCUT2D eigenvalue weighted by molar-refractivity contribution is -0.147. The van der Waals surface area contributed by atoms with Crippen molar-refractivity contribution in [3.63, 3.8) is 0 Å². The Balaban J connectivity index is 2.91. The summed E-state index contributed by atoms with van der Waals surface area (Å²) >= 11 is 0. The molecular formula is C16H20O4. The van der Waals surface area contributed by atoms with Gasteiger partial charge in [0.15, 0.2) is 0 Å². The lowest BCUT2D eigenvalue weighted by Gasteiger charge is -2.08. The molecule has 0 heterocycles. The van der Waals surface area contributed by atoms with E-state index in [0.717, 1.165) is 5.56 Å². The lowest BCUT2D eigenvalue weighted by atomic mass is 10.1. The van der Waals surface area contributed by atoms with Crippen molar-refractivity contribution in [3.8, 4) is 0 Å². The van der Waals surface area contributed by atoms with Crippen LogP contribution in [-0.4, -0.2) is 25.2 Å². The van der Waals surface area contributed by atoms with Crippen molar-refractivity contribution in [2.75, 3.05) is 13.2 Å². The van der Waals surface area contributed by atoms with Gasteiger partial charge in [0.05, 0.1) is 13.2 Å². The van der Waals surface area contributed by atoms with Crippen molar-refractivity contribution in [2.24, 2.45) is 0 Å². The molecular weight excluding hydrogens is 256 g/mol. The maximum absolute atomic E-state index is 11.9. The van der Waals surface area contributed by atoms with Gasteiger partial charge in [-0.25, -0.2) is 9.59 Å². The van der Waals surface area contributed by atoms with E-state index in [1.807, 2.05) is 32.0 Å². The Bertz CT molecular complexity index is 441. The summed E-state index contributed by atoms with van der Waals surface area (Å²) in [6.45, 7) is 4.35. The van der Waals surface area contributed by atoms with Gasteiger partial charge >= 0.3 is 11.9 Å². The van der Waals surface area contributed by atoms with Crippen molar-refractivity contribution in [2.45, 2.75) is 26.7 Å². The van der Waals surface area contributed by atoms with Gasteiger partial charge in [0, 0.05) is 0 Å². The van der Waals surface area contributed by atoms with Crippen LogP contribution in [0.4, 0.5) is 0 Å². The molecule has 0 aromatic heterocycles. The molecule has 0 atom stereocenters. The summed E-state index contributed by atoms with van der Waals surface area (Å²) in [6.07, 6.45) is 2.90. The third kappa shape index (κ3) is 5.26. The first kappa shape index (κ1) is 16.0. The summed E-state index contributed by atoms with van der Waals surface area (Å²) in [5, 5.41) is 0. The molecule has 1 aromatic carbocycles. The van der Waals surface area contributed by atoms with Crippen molar-refractivity contribution in [1.29, 1.82) is 0 Å². The quantitative estimate of drug-likeness (QED) is 0.332. The number of hydrogen-bond acceptors (Lipinski definition) is 4. The van der Waals surface area contributed by atoms with Crippen LogP contribution in [0.15, 0.2) is 35.9 Å². The summed E-state index contributed by atoms with van der Waals surface area (Å²) in [4.78, 5) is 23.8. The van der Waals surface area contributed by atoms with Gasteiger partial charge in [-0.1, -0.05) is 44.2 Å². The molecule has 1 rings (SSSR count). The molecule has 0 aliphatic heterocycles. The largest absolute Gasteiger partial charge is 0.462 e. The molecule has 0 fully saturated rings. The molecule has 4 heteroatoms. The Labute approximate surface area is 119 Å². The van der Waals surface area contributed by atoms with Crippen LogP contribution in [0.25, 0.3) is 6.08 Å². The summed E-state index contributed by atoms with van der Waals surface area (Å²) in [5.74, 6) is -1.28. The highest BCUT2D eigenvalue weighted by molar-refractivity contribution is 6.17. The molecule has 0 radical (unpaired) electrons. The summed E-state index contributed by atoms with van der Waals surface area (Å²) in [7, 11) is 0. The molecule has 0 bridgehead atoms. The predicted octanol–water partition coefficient (Wildman–Crippen LogP) is 2.98. The van der Waals surface area contributed by atoms with Crippen LogP contribution in [-0.2, 0) is 19.1 Å². The summed E-state index contributed by atoms with van der Waals surface area (Å²) < 4.78 is 10.0. The van der Waals surface area contributed by atoms with Gasteiger partial charge in [0.25, 0.3) is 0 Å². The molecule has 0 saturated heterocycles. The molecule has 0 N–H and O–H groups in total. The smallest absolute Gasteiger partial charge is 0.345 e. The SMILES string of the molecule is CCCOC(=O)C(=Cc1ccccc1)C(=O)OCCC. The zero-order valence-electron chi connectivity index (χ0n) is 11.9. The predicted molar refractivity (Wildman–Crippen MR) is 76.9 cm³/mol. The Morgan fingerprint density at radius 1 is 0.950 bits per heavy atom. The van der Waals surface area contributed by atoms with Crippen LogP contribution in [0.5, 0.6) is 0 Å². The van der Waals surface area contributed by atoms with Crippen LogP contribution in [0.1, 0.15) is 32.3 Å². The first-order valence-electron chi connectivity index (χ1n) is 6.80. The molecule has 0 aliphatic rings. The molecule has 1 aromatic rings. The van der Waals surface area contributed by atoms with Gasteiger partial charge in [-0.05, 0) is 24.5 Å². The second kappa shape index (κ2) is 8.91. The Hall–Kier alpha value is -2.10. The van der Waals surface area contributed by atoms with Gasteiger partial charge in [-0.2, -0.15) is 0 Å². The van der Waals surface area contributed by atoms with Crippen molar-refractivity contribution in [1.82, 2.24) is 0 Å². The van der Waals surface area contributed by atoms with Gasteiger partial charge in [-0.15, -0.1) is 0 Å². The van der Waals surface area contributed by atoms with E-state index in [0.29, 0.717) is 12.8 Å². The number of esters is 2. The second-order valence-electron chi connectivity index (χ2n) is 4.24. The Morgan fingerprint density at radius 3 is 1.90 bits per heavy atom. The topological polar surface area (TPSA) is 52.6 Å². The third-order valence-electron chi connectivity index (χ3n) is 2.42. The van der Waals surface area contributed by atoms with Gasteiger partial charge in [0.1, 0.15) is 5.57 Å². The van der Waals surface area contributed by atoms with Gasteiger partial charge in [-0.3, -0.25) is 0 Å². The number of hydrogen-bond donors (Lipinski definition) is 0. The molecule has 0 unspecified atom stereocenters. The Morgan fingerprint density at radius 2 is 1.45 bits per heavy atom. The van der Waals surface area contributed by atoms with E-state index < -0.39 is 11.9 Å². The maximum Gasteiger partial charge on any atom is 0.345 e. The van der Waals surface area contributed by atoms with E-state index in [1.54, 1.807) is 12.1 Å². The van der Waals surface area contributed by atoms with Gasteiger partial charge in [0.2, 0.25) is 0 Å². The standard InChI is InChI=1S/C16H20O4/c1-3-10-19-15(17)14(16(18)20-11-4-2)12-13-8-6-5-7-9-13/h5-9,12H,3-4,10-11H2,1-2H3. The van der Waals surface area contributed by atoms with E-state index in [2.05, 4.69) is 0 Å². The Kier molecular flexibility index (Phi) is 7.11. The van der Waals surface area contributed by atoms with Crippen molar-refractivity contribution in [3.05, 3.63) is 41.5 Å². The number of carbonyl (C=O) groups excluding carboxylic acids is 2. The van der Waals surface area contributed by atoms with E-state index in [4.69, 9.17) is 9.47 Å². The average Bonchev–Trinajstić information content (AvgIpc) is 2.48. The van der Waals surface area contributed by atoms with E-state index in [1.165, 1.54) is 6.08 Å². The number of benzene rings is 1. The summed E-state index contributed by atoms with van der Waals surface area (Å²) in [6, 6.07) is 9.14. The lowest BCUT2D eigenvalue weighted by Crippen LogP contribution is -2.19. The fraction of sp³-hybridized carbons (Fsp3) is 0.375. The third-order valence-corrected chi connectivity index (χ3v) is 2.42. The van der Waals surface area contributed by atoms with Crippen LogP contribution < -0.4 is 0 Å². The minimum atomic E-state index is -0.642. The highest BCUT2D eigenvalue weighted by Crippen LogP contribution is 2.10. The van der Waals surface area contributed by atoms with E-state index in [9.17, 15) is 9.59 Å². The minimum absolute atomic E-state index is 0.0712. The highest BCUT2D eigenvalue weighted by atomic mass is 16.6. The van der Waals surface area contributed by atoms with Crippen LogP contribution in [0, 0.1) is 0 Å². The second-order valence-corrected chi connectivity index (χ2v) is 4.24. The molecule has 20 heavy (non-hydrogen) atoms. The zero-order chi connectivity index (χ0) is 14.8. The molecule has 0 saturated carbocycles. The van der Waals surface area contributed by atoms with Crippen molar-refractivity contribution < 1.29 is 19.1 Å². The van der Waals surface area contributed by atoms with Crippen LogP contribution >= 0.6 is 0 Å². The normalized spacial score (nSPS) is 9.70. The fourth-order valence-electron chi connectivity index (χ4n) is 1.46. The first-order chi connectivity index (χ1) is 9.69. The number of rotatable bonds is 7. The van der Waals surface area contributed by atoms with Crippen molar-refractivity contribution >= 4 is 18.0 Å². The number of carbonyl (C=O) groups is 2. The fourth-order valence-corrected chi connectivity index (χ4v) is 1.46. The highest BCUT2D eigenvalue weighted by Gasteiger charge is 2.21. The average molecular weight is 276 g/mol. The molecule has 0 aliphatic carbocycles. The van der Waals surface area contributed by atoms with Gasteiger partial charge < -0.3 is 9.47 Å². The maximum atomic E-state index is 11.9. The molecule has 0 amide bonds. The van der Waals surface area contributed by atoms with E-state index in [-0.39, 0.29) is 18.8 Å². The van der Waals surface area contributed by atoms with Crippen LogP contribution in [0.3, 0.4) is 0 Å². The molecule has 108 valence electrons. The first-order valence-corrected chi connectivity index (χ1v) is 6.80. The zero-order valence-corrected chi connectivity index (χ0v) is 11.9. The molecule has 0 spiro atoms. The van der Waals surface area contributed by atoms with Crippen LogP contribution in [0.2, 0.25) is 0 Å².